The number of carbonyl (C=O) groups is 1. The molecule has 0 saturated heterocycles. The summed E-state index contributed by atoms with van der Waals surface area (Å²) >= 11 is 0. The van der Waals surface area contributed by atoms with Crippen LogP contribution in [0.2, 0.25) is 0 Å². The normalized spacial score (nSPS) is 10.9. The minimum Gasteiger partial charge on any atom is -0.333 e. The Morgan fingerprint density at radius 2 is 1.76 bits per heavy atom. The average Bonchev–Trinajstić information content (AvgIpc) is 2.92. The number of amides is 1. The molecule has 3 N–H and O–H groups in total. The summed E-state index contributed by atoms with van der Waals surface area (Å²) in [6, 6.07) is 18.3. The zero-order valence-corrected chi connectivity index (χ0v) is 13.2. The first-order valence-corrected chi connectivity index (χ1v) is 7.52. The number of nitrogens with one attached hydrogen (secondary N) is 1. The molecule has 0 aliphatic heterocycles. The van der Waals surface area contributed by atoms with Gasteiger partial charge in [0, 0.05) is 5.56 Å². The van der Waals surface area contributed by atoms with Crippen molar-refractivity contribution in [3.8, 4) is 11.4 Å². The number of nitrogen functional groups attached to an aromatic ring is 1. The number of benzene rings is 2. The molecule has 0 aliphatic rings. The Balaban J connectivity index is 1.70. The molecule has 3 aromatic rings. The van der Waals surface area contributed by atoms with Crippen LogP contribution in [-0.4, -0.2) is 26.6 Å². The van der Waals surface area contributed by atoms with Gasteiger partial charge in [0.25, 0.3) is 5.91 Å². The second kappa shape index (κ2) is 7.26. The molecule has 0 bridgehead atoms. The molecule has 25 heavy (non-hydrogen) atoms. The molecule has 0 radical (unpaired) electrons. The van der Waals surface area contributed by atoms with E-state index in [0.717, 1.165) is 14.9 Å². The smallest absolute Gasteiger partial charge is 0.333 e. The van der Waals surface area contributed by atoms with Gasteiger partial charge >= 0.3 is 5.69 Å². The third-order valence-electron chi connectivity index (χ3n) is 3.40. The first-order chi connectivity index (χ1) is 12.1. The highest BCUT2D eigenvalue weighted by Crippen LogP contribution is 2.12. The lowest BCUT2D eigenvalue weighted by Gasteiger charge is -1.99. The van der Waals surface area contributed by atoms with Gasteiger partial charge in [0.05, 0.1) is 6.21 Å². The van der Waals surface area contributed by atoms with Gasteiger partial charge in [-0.2, -0.15) is 9.78 Å². The van der Waals surface area contributed by atoms with Gasteiger partial charge in [-0.25, -0.2) is 14.9 Å². The SMILES string of the molecule is Nn1c(-c2ccccc2)nn(CC(=O)NN=Cc2ccccc2)c1=O. The van der Waals surface area contributed by atoms with Gasteiger partial charge in [0.1, 0.15) is 6.54 Å². The lowest BCUT2D eigenvalue weighted by atomic mass is 10.2. The van der Waals surface area contributed by atoms with E-state index in [1.807, 2.05) is 48.5 Å². The third kappa shape index (κ3) is 3.81. The van der Waals surface area contributed by atoms with Crippen molar-refractivity contribution in [2.24, 2.45) is 5.10 Å². The number of rotatable bonds is 5. The van der Waals surface area contributed by atoms with Crippen molar-refractivity contribution in [2.45, 2.75) is 6.54 Å². The molecule has 1 aromatic heterocycles. The van der Waals surface area contributed by atoms with Crippen molar-refractivity contribution in [1.82, 2.24) is 19.9 Å². The zero-order chi connectivity index (χ0) is 17.6. The minimum atomic E-state index is -0.582. The van der Waals surface area contributed by atoms with Gasteiger partial charge in [0.15, 0.2) is 5.82 Å². The Morgan fingerprint density at radius 1 is 1.12 bits per heavy atom. The molecule has 0 atom stereocenters. The first-order valence-electron chi connectivity index (χ1n) is 7.52. The van der Waals surface area contributed by atoms with Gasteiger partial charge < -0.3 is 5.84 Å². The molecule has 3 rings (SSSR count). The highest BCUT2D eigenvalue weighted by molar-refractivity contribution is 5.82. The number of carbonyl (C=O) groups excluding carboxylic acids is 1. The van der Waals surface area contributed by atoms with Crippen molar-refractivity contribution in [3.63, 3.8) is 0 Å². The fourth-order valence-corrected chi connectivity index (χ4v) is 2.20. The van der Waals surface area contributed by atoms with E-state index in [2.05, 4.69) is 15.6 Å². The molecule has 0 aliphatic carbocycles. The Labute approximate surface area is 143 Å². The largest absolute Gasteiger partial charge is 0.365 e. The summed E-state index contributed by atoms with van der Waals surface area (Å²) in [7, 11) is 0. The van der Waals surface area contributed by atoms with Gasteiger partial charge in [-0.15, -0.1) is 5.10 Å². The molecule has 0 unspecified atom stereocenters. The monoisotopic (exact) mass is 336 g/mol. The Hall–Kier alpha value is -3.68. The maximum Gasteiger partial charge on any atom is 0.365 e. The molecule has 126 valence electrons. The fourth-order valence-electron chi connectivity index (χ4n) is 2.20. The molecule has 8 nitrogen and oxygen atoms in total. The topological polar surface area (TPSA) is 107 Å². The van der Waals surface area contributed by atoms with Gasteiger partial charge in [0.2, 0.25) is 0 Å². The number of hydrazone groups is 1. The van der Waals surface area contributed by atoms with Crippen molar-refractivity contribution >= 4 is 12.1 Å². The van der Waals surface area contributed by atoms with Crippen molar-refractivity contribution in [3.05, 3.63) is 76.7 Å². The third-order valence-corrected chi connectivity index (χ3v) is 3.40. The Kier molecular flexibility index (Phi) is 4.70. The summed E-state index contributed by atoms with van der Waals surface area (Å²) in [5.74, 6) is 5.55. The van der Waals surface area contributed by atoms with Crippen LogP contribution in [0.25, 0.3) is 11.4 Å². The molecular weight excluding hydrogens is 320 g/mol. The lowest BCUT2D eigenvalue weighted by molar-refractivity contribution is -0.121. The van der Waals surface area contributed by atoms with Crippen LogP contribution in [0.4, 0.5) is 0 Å². The van der Waals surface area contributed by atoms with E-state index in [1.165, 1.54) is 6.21 Å². The molecule has 2 aromatic carbocycles. The summed E-state index contributed by atoms with van der Waals surface area (Å²) < 4.78 is 1.91. The van der Waals surface area contributed by atoms with Crippen LogP contribution in [0.15, 0.2) is 70.6 Å². The van der Waals surface area contributed by atoms with E-state index in [-0.39, 0.29) is 12.4 Å². The van der Waals surface area contributed by atoms with E-state index in [1.54, 1.807) is 12.1 Å². The maximum absolute atomic E-state index is 12.1. The summed E-state index contributed by atoms with van der Waals surface area (Å²) in [5.41, 5.74) is 3.30. The number of hydrogen-bond acceptors (Lipinski definition) is 5. The summed E-state index contributed by atoms with van der Waals surface area (Å²) in [6.07, 6.45) is 1.51. The standard InChI is InChI=1S/C17H16N6O2/c18-23-16(14-9-5-2-6-10-14)21-22(17(23)25)12-15(24)20-19-11-13-7-3-1-4-8-13/h1-11H,12,18H2,(H,20,24). The summed E-state index contributed by atoms with van der Waals surface area (Å²) in [4.78, 5) is 24.1. The quantitative estimate of drug-likeness (QED) is 0.403. The number of hydrogen-bond donors (Lipinski definition) is 2. The highest BCUT2D eigenvalue weighted by Gasteiger charge is 2.14. The van der Waals surface area contributed by atoms with E-state index in [9.17, 15) is 9.59 Å². The first kappa shape index (κ1) is 16.2. The molecule has 1 amide bonds. The van der Waals surface area contributed by atoms with Gasteiger partial charge in [-0.3, -0.25) is 4.79 Å². The Bertz CT molecular complexity index is 944. The number of nitrogens with two attached hydrogens (primary N) is 1. The minimum absolute atomic E-state index is 0.283. The molecular formula is C17H16N6O2. The van der Waals surface area contributed by atoms with Crippen molar-refractivity contribution in [2.75, 3.05) is 5.84 Å². The highest BCUT2D eigenvalue weighted by atomic mass is 16.2. The van der Waals surface area contributed by atoms with E-state index >= 15 is 0 Å². The van der Waals surface area contributed by atoms with Crippen LogP contribution in [0.5, 0.6) is 0 Å². The molecule has 0 saturated carbocycles. The van der Waals surface area contributed by atoms with E-state index < -0.39 is 11.6 Å². The predicted molar refractivity (Wildman–Crippen MR) is 94.3 cm³/mol. The second-order valence-corrected chi connectivity index (χ2v) is 5.20. The van der Waals surface area contributed by atoms with Crippen LogP contribution in [0.3, 0.4) is 0 Å². The van der Waals surface area contributed by atoms with E-state index in [0.29, 0.717) is 5.56 Å². The van der Waals surface area contributed by atoms with Crippen LogP contribution >= 0.6 is 0 Å². The zero-order valence-electron chi connectivity index (χ0n) is 13.2. The molecule has 0 fully saturated rings. The average molecular weight is 336 g/mol. The fraction of sp³-hybridized carbons (Fsp3) is 0.0588. The van der Waals surface area contributed by atoms with Gasteiger partial charge in [-0.05, 0) is 5.56 Å². The predicted octanol–water partition coefficient (Wildman–Crippen LogP) is 0.576. The summed E-state index contributed by atoms with van der Waals surface area (Å²) in [6.45, 7) is -0.283. The number of nitrogens with zero attached hydrogens (tertiary/aromatic N) is 4. The Morgan fingerprint density at radius 3 is 2.44 bits per heavy atom. The van der Waals surface area contributed by atoms with Crippen molar-refractivity contribution in [1.29, 1.82) is 0 Å². The number of aromatic nitrogens is 3. The molecule has 1 heterocycles. The van der Waals surface area contributed by atoms with Crippen LogP contribution in [0, 0.1) is 0 Å². The van der Waals surface area contributed by atoms with Crippen LogP contribution in [0.1, 0.15) is 5.56 Å². The lowest BCUT2D eigenvalue weighted by Crippen LogP contribution is -2.34. The van der Waals surface area contributed by atoms with Crippen LogP contribution < -0.4 is 17.0 Å². The molecule has 8 heteroatoms. The second-order valence-electron chi connectivity index (χ2n) is 5.20. The molecule has 0 spiro atoms. The van der Waals surface area contributed by atoms with Crippen LogP contribution in [-0.2, 0) is 11.3 Å². The summed E-state index contributed by atoms with van der Waals surface area (Å²) in [5, 5.41) is 7.96. The van der Waals surface area contributed by atoms with Gasteiger partial charge in [-0.1, -0.05) is 60.7 Å². The van der Waals surface area contributed by atoms with E-state index in [4.69, 9.17) is 5.84 Å². The maximum atomic E-state index is 12.1. The van der Waals surface area contributed by atoms with Crippen molar-refractivity contribution < 1.29 is 4.79 Å².